The molecule has 0 aliphatic rings. The lowest BCUT2D eigenvalue weighted by Crippen LogP contribution is -1.94. The van der Waals surface area contributed by atoms with Crippen molar-refractivity contribution in [1.29, 1.82) is 0 Å². The van der Waals surface area contributed by atoms with Crippen molar-refractivity contribution in [3.8, 4) is 0 Å². The standard InChI is InChI=1S/C9H16O2S6/c1-3-10-8(12)16-14-6-5-7-15-17-9(13)11-4-2/h3-7H2,1-2H3. The predicted molar refractivity (Wildman–Crippen MR) is 93.2 cm³/mol. The minimum atomic E-state index is 0.622. The molecule has 0 aliphatic carbocycles. The number of thiocarbonyl (C=S) groups is 2. The van der Waals surface area contributed by atoms with Gasteiger partial charge in [0.15, 0.2) is 0 Å². The van der Waals surface area contributed by atoms with Gasteiger partial charge in [-0.25, -0.2) is 0 Å². The fourth-order valence-electron chi connectivity index (χ4n) is 0.640. The Kier molecular flexibility index (Phi) is 14.6. The van der Waals surface area contributed by atoms with Gasteiger partial charge >= 0.3 is 0 Å². The quantitative estimate of drug-likeness (QED) is 0.350. The molecule has 0 atom stereocenters. The molecule has 0 fully saturated rings. The molecule has 0 radical (unpaired) electrons. The van der Waals surface area contributed by atoms with E-state index in [1.54, 1.807) is 21.6 Å². The van der Waals surface area contributed by atoms with Gasteiger partial charge in [-0.3, -0.25) is 0 Å². The van der Waals surface area contributed by atoms with Gasteiger partial charge in [-0.1, -0.05) is 21.6 Å². The molecule has 0 amide bonds. The number of rotatable bonds is 8. The van der Waals surface area contributed by atoms with Crippen molar-refractivity contribution in [3.05, 3.63) is 0 Å². The van der Waals surface area contributed by atoms with Crippen LogP contribution < -0.4 is 0 Å². The summed E-state index contributed by atoms with van der Waals surface area (Å²) in [4.78, 5) is 0. The molecule has 0 saturated heterocycles. The van der Waals surface area contributed by atoms with Gasteiger partial charge in [-0.15, -0.1) is 0 Å². The Morgan fingerprint density at radius 3 is 1.65 bits per heavy atom. The second kappa shape index (κ2) is 13.6. The maximum atomic E-state index is 5.16. The third-order valence-corrected chi connectivity index (χ3v) is 6.87. The summed E-state index contributed by atoms with van der Waals surface area (Å²) in [6.45, 7) is 5.17. The summed E-state index contributed by atoms with van der Waals surface area (Å²) >= 11 is 9.99. The maximum Gasteiger partial charge on any atom is 0.230 e. The third kappa shape index (κ3) is 13.4. The van der Waals surface area contributed by atoms with Gasteiger partial charge in [0.2, 0.25) is 8.77 Å². The molecule has 0 aromatic rings. The largest absolute Gasteiger partial charge is 0.478 e. The van der Waals surface area contributed by atoms with E-state index in [0.29, 0.717) is 22.0 Å². The first-order valence-corrected chi connectivity index (χ1v) is 10.6. The summed E-state index contributed by atoms with van der Waals surface area (Å²) < 4.78 is 11.6. The van der Waals surface area contributed by atoms with Crippen molar-refractivity contribution >= 4 is 76.4 Å². The zero-order valence-corrected chi connectivity index (χ0v) is 14.7. The van der Waals surface area contributed by atoms with E-state index in [4.69, 9.17) is 33.9 Å². The maximum absolute atomic E-state index is 5.16. The highest BCUT2D eigenvalue weighted by atomic mass is 33.1. The fraction of sp³-hybridized carbons (Fsp3) is 0.778. The summed E-state index contributed by atoms with van der Waals surface area (Å²) in [6.07, 6.45) is 1.12. The van der Waals surface area contributed by atoms with E-state index in [-0.39, 0.29) is 0 Å². The molecular weight excluding hydrogens is 332 g/mol. The lowest BCUT2D eigenvalue weighted by Gasteiger charge is -2.04. The molecule has 0 unspecified atom stereocenters. The van der Waals surface area contributed by atoms with Crippen molar-refractivity contribution in [2.24, 2.45) is 0 Å². The SMILES string of the molecule is CCOC(=S)SSCCCSSC(=S)OCC. The first kappa shape index (κ1) is 18.2. The molecule has 100 valence electrons. The van der Waals surface area contributed by atoms with Crippen LogP contribution in [0.3, 0.4) is 0 Å². The van der Waals surface area contributed by atoms with Crippen molar-refractivity contribution in [2.75, 3.05) is 24.7 Å². The first-order valence-electron chi connectivity index (χ1n) is 5.13. The Labute approximate surface area is 130 Å². The van der Waals surface area contributed by atoms with Crippen molar-refractivity contribution in [3.63, 3.8) is 0 Å². The molecule has 17 heavy (non-hydrogen) atoms. The molecule has 0 aromatic carbocycles. The Hall–Kier alpha value is 1.18. The summed E-state index contributed by atoms with van der Waals surface area (Å²) in [5.74, 6) is 2.12. The Balaban J connectivity index is 3.18. The van der Waals surface area contributed by atoms with Crippen molar-refractivity contribution in [1.82, 2.24) is 0 Å². The van der Waals surface area contributed by atoms with Crippen LogP contribution in [0, 0.1) is 0 Å². The van der Waals surface area contributed by atoms with Crippen LogP contribution in [0.4, 0.5) is 0 Å². The normalized spacial score (nSPS) is 10.0. The predicted octanol–water partition coefficient (Wildman–Crippen LogP) is 4.78. The van der Waals surface area contributed by atoms with Crippen LogP contribution in [0.5, 0.6) is 0 Å². The van der Waals surface area contributed by atoms with Crippen molar-refractivity contribution in [2.45, 2.75) is 20.3 Å². The highest BCUT2D eigenvalue weighted by Gasteiger charge is 2.00. The van der Waals surface area contributed by atoms with Crippen LogP contribution in [0.1, 0.15) is 20.3 Å². The molecule has 0 saturated carbocycles. The highest BCUT2D eigenvalue weighted by molar-refractivity contribution is 8.84. The van der Waals surface area contributed by atoms with Gasteiger partial charge in [0.1, 0.15) is 0 Å². The lowest BCUT2D eigenvalue weighted by atomic mass is 10.6. The number of ether oxygens (including phenoxy) is 2. The Morgan fingerprint density at radius 2 is 1.29 bits per heavy atom. The molecule has 0 aromatic heterocycles. The van der Waals surface area contributed by atoms with Gasteiger partial charge in [-0.2, -0.15) is 0 Å². The Bertz CT molecular complexity index is 202. The van der Waals surface area contributed by atoms with Crippen LogP contribution in [-0.4, -0.2) is 33.5 Å². The van der Waals surface area contributed by atoms with E-state index in [2.05, 4.69) is 0 Å². The fourth-order valence-corrected chi connectivity index (χ4v) is 5.21. The third-order valence-electron chi connectivity index (χ3n) is 1.23. The molecule has 0 spiro atoms. The molecule has 0 bridgehead atoms. The smallest absolute Gasteiger partial charge is 0.230 e. The zero-order valence-electron chi connectivity index (χ0n) is 9.80. The van der Waals surface area contributed by atoms with E-state index in [1.165, 1.54) is 21.6 Å². The van der Waals surface area contributed by atoms with E-state index in [1.807, 2.05) is 13.8 Å². The van der Waals surface area contributed by atoms with Gasteiger partial charge in [-0.05, 0) is 66.3 Å². The molecular formula is C9H16O2S6. The van der Waals surface area contributed by atoms with Gasteiger partial charge < -0.3 is 9.47 Å². The van der Waals surface area contributed by atoms with Gasteiger partial charge in [0.25, 0.3) is 0 Å². The lowest BCUT2D eigenvalue weighted by molar-refractivity contribution is 0.346. The molecule has 0 heterocycles. The van der Waals surface area contributed by atoms with E-state index >= 15 is 0 Å². The zero-order chi connectivity index (χ0) is 12.9. The highest BCUT2D eigenvalue weighted by Crippen LogP contribution is 2.28. The average Bonchev–Trinajstić information content (AvgIpc) is 2.28. The first-order chi connectivity index (χ1) is 8.20. The molecule has 8 heteroatoms. The summed E-state index contributed by atoms with van der Waals surface area (Å²) in [5, 5.41) is 0. The molecule has 0 N–H and O–H groups in total. The average molecular weight is 349 g/mol. The Morgan fingerprint density at radius 1 is 0.882 bits per heavy atom. The number of hydrogen-bond donors (Lipinski definition) is 0. The summed E-state index contributed by atoms with van der Waals surface area (Å²) in [5.41, 5.74) is 0. The minimum absolute atomic E-state index is 0.622. The topological polar surface area (TPSA) is 18.5 Å². The monoisotopic (exact) mass is 348 g/mol. The van der Waals surface area contributed by atoms with Gasteiger partial charge in [0, 0.05) is 11.5 Å². The summed E-state index contributed by atoms with van der Waals surface area (Å²) in [6, 6.07) is 0. The summed E-state index contributed by atoms with van der Waals surface area (Å²) in [7, 11) is 6.53. The van der Waals surface area contributed by atoms with E-state index in [0.717, 1.165) is 17.9 Å². The second-order valence-corrected chi connectivity index (χ2v) is 8.57. The minimum Gasteiger partial charge on any atom is -0.478 e. The van der Waals surface area contributed by atoms with E-state index in [9.17, 15) is 0 Å². The van der Waals surface area contributed by atoms with E-state index < -0.39 is 0 Å². The van der Waals surface area contributed by atoms with Crippen LogP contribution in [0.25, 0.3) is 0 Å². The van der Waals surface area contributed by atoms with Crippen molar-refractivity contribution < 1.29 is 9.47 Å². The van der Waals surface area contributed by atoms with Gasteiger partial charge in [0.05, 0.1) is 13.2 Å². The molecule has 0 rings (SSSR count). The van der Waals surface area contributed by atoms with Crippen LogP contribution in [-0.2, 0) is 9.47 Å². The van der Waals surface area contributed by atoms with Crippen LogP contribution in [0.2, 0.25) is 0 Å². The molecule has 0 aliphatic heterocycles. The molecule has 2 nitrogen and oxygen atoms in total. The second-order valence-electron chi connectivity index (χ2n) is 2.53. The number of hydrogen-bond acceptors (Lipinski definition) is 8. The van der Waals surface area contributed by atoms with Crippen LogP contribution in [0.15, 0.2) is 0 Å². The van der Waals surface area contributed by atoms with Crippen LogP contribution >= 0.6 is 67.6 Å².